The molecule has 6 heteroatoms. The van der Waals surface area contributed by atoms with Crippen LogP contribution in [0.25, 0.3) is 0 Å². The van der Waals surface area contributed by atoms with E-state index in [1.807, 2.05) is 0 Å². The van der Waals surface area contributed by atoms with E-state index in [4.69, 9.17) is 16.3 Å². The average molecular weight is 300 g/mol. The molecule has 110 valence electrons. The molecule has 0 aliphatic rings. The van der Waals surface area contributed by atoms with Crippen molar-refractivity contribution in [1.29, 1.82) is 0 Å². The summed E-state index contributed by atoms with van der Waals surface area (Å²) in [6.07, 6.45) is 0. The molecular formula is C14H18ClNO4. The lowest BCUT2D eigenvalue weighted by Gasteiger charge is -2.26. The Hall–Kier alpha value is -1.59. The number of hydrogen-bond donors (Lipinski definition) is 1. The molecule has 1 aromatic rings. The second kappa shape index (κ2) is 6.24. The minimum absolute atomic E-state index is 0.517. The summed E-state index contributed by atoms with van der Waals surface area (Å²) in [5.74, 6) is -3.82. The Morgan fingerprint density at radius 1 is 1.25 bits per heavy atom. The first-order chi connectivity index (χ1) is 9.11. The summed E-state index contributed by atoms with van der Waals surface area (Å²) in [6.45, 7) is 4.99. The van der Waals surface area contributed by atoms with Crippen molar-refractivity contribution in [3.63, 3.8) is 0 Å². The molecule has 0 bridgehead atoms. The molecule has 0 radical (unpaired) electrons. The van der Waals surface area contributed by atoms with Gasteiger partial charge in [-0.3, -0.25) is 4.79 Å². The summed E-state index contributed by atoms with van der Waals surface area (Å²) in [5.41, 5.74) is 3.55. The molecule has 3 N–H and O–H groups in total. The molecule has 1 rings (SSSR count). The molecule has 0 unspecified atom stereocenters. The van der Waals surface area contributed by atoms with E-state index in [0.717, 1.165) is 0 Å². The Balaban J connectivity index is 2.99. The third kappa shape index (κ3) is 4.51. The summed E-state index contributed by atoms with van der Waals surface area (Å²) in [5, 5.41) is 11.7. The van der Waals surface area contributed by atoms with E-state index in [1.165, 1.54) is 0 Å². The zero-order valence-electron chi connectivity index (χ0n) is 11.7. The predicted molar refractivity (Wildman–Crippen MR) is 71.4 cm³/mol. The molecule has 0 amide bonds. The Kier molecular flexibility index (Phi) is 5.14. The number of carboxylic acid groups (broad SMARTS) is 1. The predicted octanol–water partition coefficient (Wildman–Crippen LogP) is 0.331. The molecular weight excluding hydrogens is 282 g/mol. The summed E-state index contributed by atoms with van der Waals surface area (Å²) in [7, 11) is 0. The highest BCUT2D eigenvalue weighted by Gasteiger charge is 2.34. The molecule has 2 atom stereocenters. The van der Waals surface area contributed by atoms with Crippen LogP contribution in [0.2, 0.25) is 5.02 Å². The van der Waals surface area contributed by atoms with Gasteiger partial charge in [-0.15, -0.1) is 0 Å². The van der Waals surface area contributed by atoms with Gasteiger partial charge in [-0.1, -0.05) is 23.7 Å². The number of aliphatic carboxylic acids is 1. The van der Waals surface area contributed by atoms with Crippen LogP contribution in [0.15, 0.2) is 24.3 Å². The maximum atomic E-state index is 12.0. The van der Waals surface area contributed by atoms with Gasteiger partial charge in [0, 0.05) is 10.6 Å². The summed E-state index contributed by atoms with van der Waals surface area (Å²) < 4.78 is 5.10. The van der Waals surface area contributed by atoms with Gasteiger partial charge in [-0.2, -0.15) is 0 Å². The van der Waals surface area contributed by atoms with Crippen LogP contribution in [-0.4, -0.2) is 17.5 Å². The zero-order valence-corrected chi connectivity index (χ0v) is 12.4. The zero-order chi connectivity index (χ0) is 15.5. The summed E-state index contributed by atoms with van der Waals surface area (Å²) >= 11 is 5.77. The van der Waals surface area contributed by atoms with E-state index in [2.05, 4.69) is 5.73 Å². The van der Waals surface area contributed by atoms with Gasteiger partial charge in [0.2, 0.25) is 0 Å². The lowest BCUT2D eigenvalue weighted by molar-refractivity contribution is -0.440. The molecule has 0 spiro atoms. The molecule has 0 saturated carbocycles. The monoisotopic (exact) mass is 299 g/mol. The molecule has 0 saturated heterocycles. The van der Waals surface area contributed by atoms with Crippen LogP contribution in [0, 0.1) is 5.92 Å². The highest BCUT2D eigenvalue weighted by atomic mass is 35.5. The molecule has 0 aromatic heterocycles. The number of halogens is 1. The molecule has 0 aliphatic carbocycles. The minimum Gasteiger partial charge on any atom is -0.549 e. The lowest BCUT2D eigenvalue weighted by Crippen LogP contribution is -2.62. The number of rotatable bonds is 4. The topological polar surface area (TPSA) is 94.1 Å². The van der Waals surface area contributed by atoms with Crippen molar-refractivity contribution in [1.82, 2.24) is 0 Å². The molecule has 0 aliphatic heterocycles. The Bertz CT molecular complexity index is 493. The number of carbonyl (C=O) groups excluding carboxylic acids is 2. The van der Waals surface area contributed by atoms with E-state index in [-0.39, 0.29) is 0 Å². The Morgan fingerprint density at radius 2 is 1.75 bits per heavy atom. The number of benzene rings is 1. The highest BCUT2D eigenvalue weighted by Crippen LogP contribution is 2.22. The van der Waals surface area contributed by atoms with Crippen LogP contribution < -0.4 is 10.8 Å². The van der Waals surface area contributed by atoms with Crippen LogP contribution in [0.5, 0.6) is 0 Å². The van der Waals surface area contributed by atoms with Crippen molar-refractivity contribution in [3.05, 3.63) is 34.9 Å². The van der Waals surface area contributed by atoms with Gasteiger partial charge in [0.25, 0.3) is 0 Å². The van der Waals surface area contributed by atoms with E-state index < -0.39 is 29.5 Å². The third-order valence-corrected chi connectivity index (χ3v) is 2.87. The lowest BCUT2D eigenvalue weighted by atomic mass is 9.93. The first-order valence-corrected chi connectivity index (χ1v) is 6.52. The van der Waals surface area contributed by atoms with Crippen LogP contribution >= 0.6 is 11.6 Å². The van der Waals surface area contributed by atoms with E-state index in [9.17, 15) is 14.7 Å². The molecule has 5 nitrogen and oxygen atoms in total. The summed E-state index contributed by atoms with van der Waals surface area (Å²) in [6, 6.07) is 5.65. The third-order valence-electron chi connectivity index (χ3n) is 2.62. The number of quaternary nitrogens is 1. The number of hydrogen-bond acceptors (Lipinski definition) is 4. The summed E-state index contributed by atoms with van der Waals surface area (Å²) in [4.78, 5) is 23.2. The first kappa shape index (κ1) is 16.5. The first-order valence-electron chi connectivity index (χ1n) is 6.14. The second-order valence-corrected chi connectivity index (χ2v) is 5.92. The molecule has 1 aromatic carbocycles. The van der Waals surface area contributed by atoms with Gasteiger partial charge in [-0.05, 0) is 32.9 Å². The van der Waals surface area contributed by atoms with Crippen molar-refractivity contribution in [2.75, 3.05) is 0 Å². The van der Waals surface area contributed by atoms with E-state index >= 15 is 0 Å². The van der Waals surface area contributed by atoms with E-state index in [0.29, 0.717) is 10.6 Å². The number of esters is 1. The van der Waals surface area contributed by atoms with Crippen molar-refractivity contribution in [2.45, 2.75) is 32.4 Å². The van der Waals surface area contributed by atoms with Crippen molar-refractivity contribution < 1.29 is 25.2 Å². The van der Waals surface area contributed by atoms with Crippen molar-refractivity contribution >= 4 is 23.5 Å². The SMILES string of the molecule is CC(C)(C)OC(=O)[C@H](C(=O)[O-])[C@H]([NH3+])c1ccc(Cl)cc1. The van der Waals surface area contributed by atoms with Gasteiger partial charge in [0.1, 0.15) is 11.6 Å². The van der Waals surface area contributed by atoms with Gasteiger partial charge >= 0.3 is 5.97 Å². The minimum atomic E-state index is -1.51. The average Bonchev–Trinajstić information content (AvgIpc) is 2.26. The van der Waals surface area contributed by atoms with Crippen LogP contribution in [0.4, 0.5) is 0 Å². The molecule has 0 heterocycles. The van der Waals surface area contributed by atoms with Crippen LogP contribution in [0.3, 0.4) is 0 Å². The normalized spacial score (nSPS) is 14.4. The van der Waals surface area contributed by atoms with Gasteiger partial charge in [0.15, 0.2) is 5.92 Å². The number of ether oxygens (including phenoxy) is 1. The van der Waals surface area contributed by atoms with Crippen LogP contribution in [0.1, 0.15) is 32.4 Å². The van der Waals surface area contributed by atoms with Gasteiger partial charge in [0.05, 0.1) is 5.97 Å². The Labute approximate surface area is 122 Å². The smallest absolute Gasteiger partial charge is 0.321 e. The second-order valence-electron chi connectivity index (χ2n) is 5.49. The van der Waals surface area contributed by atoms with Gasteiger partial charge in [-0.25, -0.2) is 0 Å². The maximum absolute atomic E-state index is 12.0. The van der Waals surface area contributed by atoms with Crippen molar-refractivity contribution in [3.8, 4) is 0 Å². The maximum Gasteiger partial charge on any atom is 0.321 e. The van der Waals surface area contributed by atoms with E-state index in [1.54, 1.807) is 45.0 Å². The standard InChI is InChI=1S/C14H18ClNO4/c1-14(2,3)20-13(19)10(12(17)18)11(16)8-4-6-9(15)7-5-8/h4-7,10-11H,16H2,1-3H3,(H,17,18)/t10-,11+/m0/s1. The number of carboxylic acids is 1. The van der Waals surface area contributed by atoms with Crippen LogP contribution in [-0.2, 0) is 14.3 Å². The Morgan fingerprint density at radius 3 is 2.15 bits per heavy atom. The van der Waals surface area contributed by atoms with Crippen molar-refractivity contribution in [2.24, 2.45) is 5.92 Å². The number of carbonyl (C=O) groups is 2. The fraction of sp³-hybridized carbons (Fsp3) is 0.429. The largest absolute Gasteiger partial charge is 0.549 e. The fourth-order valence-electron chi connectivity index (χ4n) is 1.69. The highest BCUT2D eigenvalue weighted by molar-refractivity contribution is 6.30. The molecule has 0 fully saturated rings. The quantitative estimate of drug-likeness (QED) is 0.640. The fourth-order valence-corrected chi connectivity index (χ4v) is 1.82. The van der Waals surface area contributed by atoms with Gasteiger partial charge < -0.3 is 20.4 Å². The molecule has 20 heavy (non-hydrogen) atoms.